The van der Waals surface area contributed by atoms with Gasteiger partial charge in [-0.05, 0) is 72.7 Å². The predicted octanol–water partition coefficient (Wildman–Crippen LogP) is 6.03. The van der Waals surface area contributed by atoms with Crippen molar-refractivity contribution in [1.82, 2.24) is 4.98 Å². The molecule has 0 saturated heterocycles. The van der Waals surface area contributed by atoms with Gasteiger partial charge < -0.3 is 0 Å². The number of pyridine rings is 1. The van der Waals surface area contributed by atoms with Gasteiger partial charge in [-0.1, -0.05) is 64.4 Å². The van der Waals surface area contributed by atoms with Gasteiger partial charge in [0.05, 0.1) is 0 Å². The summed E-state index contributed by atoms with van der Waals surface area (Å²) in [4.78, 5) is 4.36. The van der Waals surface area contributed by atoms with Crippen LogP contribution < -0.4 is 5.30 Å². The molecule has 1 aromatic carbocycles. The zero-order valence-corrected chi connectivity index (χ0v) is 17.4. The van der Waals surface area contributed by atoms with Gasteiger partial charge in [-0.2, -0.15) is 0 Å². The Hall–Kier alpha value is -1.98. The number of benzene rings is 1. The van der Waals surface area contributed by atoms with E-state index in [1.165, 1.54) is 34.8 Å². The molecule has 1 heterocycles. The number of aromatic nitrogens is 1. The van der Waals surface area contributed by atoms with Crippen LogP contribution in [0.3, 0.4) is 0 Å². The normalized spacial score (nSPS) is 12.8. The van der Waals surface area contributed by atoms with E-state index in [1.54, 1.807) is 5.56 Å². The van der Waals surface area contributed by atoms with E-state index in [0.717, 1.165) is 20.7 Å². The highest BCUT2D eigenvalue weighted by atomic mass is 31.1. The molecule has 1 nitrogen and oxygen atoms in total. The van der Waals surface area contributed by atoms with Crippen LogP contribution in [0.1, 0.15) is 42.7 Å². The minimum atomic E-state index is 0.845. The van der Waals surface area contributed by atoms with Crippen LogP contribution in [0.4, 0.5) is 0 Å². The van der Waals surface area contributed by atoms with E-state index in [2.05, 4.69) is 81.0 Å². The fourth-order valence-corrected chi connectivity index (χ4v) is 3.96. The Morgan fingerprint density at radius 2 is 2.04 bits per heavy atom. The number of rotatable bonds is 8. The first-order valence-electron chi connectivity index (χ1n) is 9.40. The highest BCUT2D eigenvalue weighted by Gasteiger charge is 2.05. The summed E-state index contributed by atoms with van der Waals surface area (Å²) in [6.07, 6.45) is 16.0. The van der Waals surface area contributed by atoms with Crippen LogP contribution in [-0.2, 0) is 12.8 Å². The van der Waals surface area contributed by atoms with Gasteiger partial charge in [0.1, 0.15) is 0 Å². The van der Waals surface area contributed by atoms with Crippen molar-refractivity contribution in [3.8, 4) is 0 Å². The average molecular weight is 363 g/mol. The maximum absolute atomic E-state index is 4.36. The molecule has 0 amide bonds. The highest BCUT2D eigenvalue weighted by molar-refractivity contribution is 7.46. The van der Waals surface area contributed by atoms with Gasteiger partial charge in [-0.25, -0.2) is 0 Å². The summed E-state index contributed by atoms with van der Waals surface area (Å²) in [5.41, 5.74) is 6.58. The van der Waals surface area contributed by atoms with Crippen molar-refractivity contribution in [2.45, 2.75) is 40.0 Å². The van der Waals surface area contributed by atoms with Crippen molar-refractivity contribution in [2.24, 2.45) is 0 Å². The Labute approximate surface area is 160 Å². The molecule has 2 heteroatoms. The second-order valence-electron chi connectivity index (χ2n) is 6.41. The van der Waals surface area contributed by atoms with Crippen LogP contribution in [0.5, 0.6) is 0 Å². The van der Waals surface area contributed by atoms with Crippen LogP contribution in [0.2, 0.25) is 0 Å². The van der Waals surface area contributed by atoms with E-state index >= 15 is 0 Å². The molecule has 1 aromatic heterocycles. The molecule has 0 fully saturated rings. The van der Waals surface area contributed by atoms with Crippen LogP contribution in [0.25, 0.3) is 6.08 Å². The van der Waals surface area contributed by atoms with Crippen LogP contribution in [-0.4, -0.2) is 11.6 Å². The number of hydrogen-bond acceptors (Lipinski definition) is 1. The summed E-state index contributed by atoms with van der Waals surface area (Å²) in [5, 5.41) is 1.51. The van der Waals surface area contributed by atoms with Gasteiger partial charge in [0, 0.05) is 18.3 Å². The van der Waals surface area contributed by atoms with E-state index in [0.29, 0.717) is 0 Å². The number of hydrogen-bond donors (Lipinski definition) is 0. The lowest BCUT2D eigenvalue weighted by molar-refractivity contribution is 0.918. The maximum atomic E-state index is 4.36. The second kappa shape index (κ2) is 10.9. The van der Waals surface area contributed by atoms with Gasteiger partial charge in [-0.15, -0.1) is 0 Å². The predicted molar refractivity (Wildman–Crippen MR) is 119 cm³/mol. The lowest BCUT2D eigenvalue weighted by atomic mass is 10.0. The maximum Gasteiger partial charge on any atom is 0.0441 e. The molecule has 0 aliphatic carbocycles. The number of nitrogens with zero attached hydrogens (tertiary/aromatic N) is 1. The van der Waals surface area contributed by atoms with Crippen LogP contribution >= 0.6 is 8.58 Å². The molecular formula is C24H30NP. The molecule has 2 aromatic rings. The molecule has 136 valence electrons. The molecule has 2 rings (SSSR count). The molecule has 0 aliphatic rings. The fourth-order valence-electron chi connectivity index (χ4n) is 3.02. The minimum absolute atomic E-state index is 0.845. The molecule has 0 N–H and O–H groups in total. The smallest absolute Gasteiger partial charge is 0.0441 e. The zero-order chi connectivity index (χ0) is 18.8. The van der Waals surface area contributed by atoms with Gasteiger partial charge in [-0.3, -0.25) is 4.98 Å². The Morgan fingerprint density at radius 3 is 2.69 bits per heavy atom. The van der Waals surface area contributed by atoms with Crippen molar-refractivity contribution >= 4 is 20.0 Å². The summed E-state index contributed by atoms with van der Waals surface area (Å²) in [7, 11) is 0.845. The Bertz CT molecular complexity index is 785. The summed E-state index contributed by atoms with van der Waals surface area (Å²) in [5.74, 6) is 0. The van der Waals surface area contributed by atoms with E-state index in [4.69, 9.17) is 0 Å². The highest BCUT2D eigenvalue weighted by Crippen LogP contribution is 2.19. The monoisotopic (exact) mass is 363 g/mol. The van der Waals surface area contributed by atoms with Crippen molar-refractivity contribution in [1.29, 1.82) is 0 Å². The second-order valence-corrected chi connectivity index (χ2v) is 7.45. The van der Waals surface area contributed by atoms with Gasteiger partial charge in [0.2, 0.25) is 0 Å². The van der Waals surface area contributed by atoms with E-state index in [-0.39, 0.29) is 0 Å². The molecule has 26 heavy (non-hydrogen) atoms. The Kier molecular flexibility index (Phi) is 8.51. The number of allylic oxidation sites excluding steroid dienone is 5. The summed E-state index contributed by atoms with van der Waals surface area (Å²) < 4.78 is 0. The summed E-state index contributed by atoms with van der Waals surface area (Å²) >= 11 is 0. The Balaban J connectivity index is 2.10. The first-order valence-corrected chi connectivity index (χ1v) is 10.9. The summed E-state index contributed by atoms with van der Waals surface area (Å²) in [6.45, 7) is 8.86. The first kappa shape index (κ1) is 20.3. The van der Waals surface area contributed by atoms with Crippen molar-refractivity contribution in [3.63, 3.8) is 0 Å². The molecule has 1 unspecified atom stereocenters. The van der Waals surface area contributed by atoms with Gasteiger partial charge in [0.15, 0.2) is 0 Å². The van der Waals surface area contributed by atoms with E-state index in [9.17, 15) is 0 Å². The lowest BCUT2D eigenvalue weighted by Gasteiger charge is -2.12. The third-order valence-corrected chi connectivity index (χ3v) is 5.41. The summed E-state index contributed by atoms with van der Waals surface area (Å²) in [6, 6.07) is 10.7. The molecule has 0 radical (unpaired) electrons. The topological polar surface area (TPSA) is 12.9 Å². The van der Waals surface area contributed by atoms with Crippen molar-refractivity contribution < 1.29 is 0 Å². The standard InChI is InChI=1S/C24H30NP/c1-5-10-23-19(3)17-21(18-24(23)26-4)15-14-20(6-2)11-9-13-22-12-7-8-16-25-22/h6-9,11-12,14-18,26H,5,10,13H2,1-4H3/b11-9-,15-14+,20-6+. The number of aryl methyl sites for hydroxylation is 1. The molecule has 0 bridgehead atoms. The lowest BCUT2D eigenvalue weighted by Crippen LogP contribution is -2.07. The largest absolute Gasteiger partial charge is 0.261 e. The quantitative estimate of drug-likeness (QED) is 0.412. The average Bonchev–Trinajstić information content (AvgIpc) is 2.67. The van der Waals surface area contributed by atoms with Gasteiger partial charge in [0.25, 0.3) is 0 Å². The van der Waals surface area contributed by atoms with Crippen molar-refractivity contribution in [2.75, 3.05) is 6.66 Å². The van der Waals surface area contributed by atoms with Crippen molar-refractivity contribution in [3.05, 3.63) is 88.8 Å². The SMILES string of the molecule is C/C=C(\C=C/Cc1ccccn1)/C=C/c1cc(C)c(CCC)c(PC)c1. The minimum Gasteiger partial charge on any atom is -0.261 e. The van der Waals surface area contributed by atoms with E-state index < -0.39 is 0 Å². The zero-order valence-electron chi connectivity index (χ0n) is 16.4. The molecule has 0 aliphatic heterocycles. The van der Waals surface area contributed by atoms with Crippen LogP contribution in [0.15, 0.2) is 66.4 Å². The Morgan fingerprint density at radius 1 is 1.19 bits per heavy atom. The fraction of sp³-hybridized carbons (Fsp3) is 0.292. The third kappa shape index (κ3) is 6.07. The first-order chi connectivity index (χ1) is 12.7. The molecule has 0 saturated carbocycles. The van der Waals surface area contributed by atoms with Gasteiger partial charge >= 0.3 is 0 Å². The molecular weight excluding hydrogens is 333 g/mol. The van der Waals surface area contributed by atoms with Crippen LogP contribution in [0, 0.1) is 6.92 Å². The molecule has 1 atom stereocenters. The molecule has 0 spiro atoms. The van der Waals surface area contributed by atoms with E-state index in [1.807, 2.05) is 18.3 Å². The third-order valence-electron chi connectivity index (χ3n) is 4.43.